The van der Waals surface area contributed by atoms with E-state index in [-0.39, 0.29) is 24.1 Å². The topological polar surface area (TPSA) is 78.1 Å². The predicted octanol–water partition coefficient (Wildman–Crippen LogP) is 4.09. The zero-order valence-electron chi connectivity index (χ0n) is 14.9. The third-order valence-corrected chi connectivity index (χ3v) is 4.08. The van der Waals surface area contributed by atoms with E-state index in [1.54, 1.807) is 48.8 Å². The van der Waals surface area contributed by atoms with Crippen LogP contribution < -0.4 is 10.5 Å². The lowest BCUT2D eigenvalue weighted by Gasteiger charge is -2.14. The minimum atomic E-state index is -0.401. The number of aromatic nitrogens is 2. The quantitative estimate of drug-likeness (QED) is 0.667. The second-order valence-corrected chi connectivity index (χ2v) is 5.88. The summed E-state index contributed by atoms with van der Waals surface area (Å²) in [5, 5.41) is 0. The van der Waals surface area contributed by atoms with E-state index in [4.69, 9.17) is 10.5 Å². The molecule has 27 heavy (non-hydrogen) atoms. The Labute approximate surface area is 162 Å². The molecule has 0 saturated carbocycles. The highest BCUT2D eigenvalue weighted by atomic mass is 35.5. The Hall–Kier alpha value is -2.99. The van der Waals surface area contributed by atoms with Crippen LogP contribution in [0.15, 0.2) is 48.8 Å². The number of hydrogen-bond acceptors (Lipinski definition) is 5. The van der Waals surface area contributed by atoms with Crippen LogP contribution in [0.4, 0.5) is 10.3 Å². The van der Waals surface area contributed by atoms with Crippen LogP contribution in [-0.4, -0.2) is 22.9 Å². The number of nitrogen functional groups attached to an aromatic ring is 1. The molecule has 0 spiro atoms. The van der Waals surface area contributed by atoms with Crippen molar-refractivity contribution in [2.45, 2.75) is 13.3 Å². The van der Waals surface area contributed by atoms with Crippen LogP contribution in [0.1, 0.15) is 28.4 Å². The number of carbonyl (C=O) groups excluding carboxylic acids is 1. The number of Topliss-reactive ketones (excluding diaryl/α,β-unsaturated/α-hetero) is 1. The molecule has 3 aromatic rings. The molecular weight excluding hydrogens is 369 g/mol. The number of halogens is 2. The predicted molar refractivity (Wildman–Crippen MR) is 105 cm³/mol. The van der Waals surface area contributed by atoms with Crippen LogP contribution in [-0.2, 0) is 6.42 Å². The molecule has 3 rings (SSSR count). The number of methoxy groups -OCH3 is 1. The van der Waals surface area contributed by atoms with Crippen molar-refractivity contribution in [3.8, 4) is 16.9 Å². The van der Waals surface area contributed by atoms with Crippen molar-refractivity contribution in [3.05, 3.63) is 71.3 Å². The number of benzene rings is 2. The van der Waals surface area contributed by atoms with E-state index in [2.05, 4.69) is 9.97 Å². The summed E-state index contributed by atoms with van der Waals surface area (Å²) in [7, 11) is 1.49. The summed E-state index contributed by atoms with van der Waals surface area (Å²) in [6, 6.07) is 10.2. The molecule has 7 heteroatoms. The number of carbonyl (C=O) groups is 1. The van der Waals surface area contributed by atoms with Crippen LogP contribution in [0.25, 0.3) is 11.1 Å². The largest absolute Gasteiger partial charge is 0.496 e. The fourth-order valence-corrected chi connectivity index (χ4v) is 2.75. The van der Waals surface area contributed by atoms with Gasteiger partial charge >= 0.3 is 0 Å². The third kappa shape index (κ3) is 4.41. The van der Waals surface area contributed by atoms with Gasteiger partial charge in [-0.05, 0) is 35.7 Å². The molecule has 0 bridgehead atoms. The van der Waals surface area contributed by atoms with E-state index in [0.29, 0.717) is 34.4 Å². The van der Waals surface area contributed by atoms with Crippen molar-refractivity contribution < 1.29 is 13.9 Å². The summed E-state index contributed by atoms with van der Waals surface area (Å²) in [4.78, 5) is 19.5. The number of nitrogens with zero attached hydrogens (tertiary/aromatic N) is 2. The Kier molecular flexibility index (Phi) is 6.47. The van der Waals surface area contributed by atoms with Gasteiger partial charge in [0.15, 0.2) is 5.78 Å². The number of anilines is 1. The molecule has 0 aliphatic rings. The van der Waals surface area contributed by atoms with E-state index < -0.39 is 5.82 Å². The summed E-state index contributed by atoms with van der Waals surface area (Å²) >= 11 is 0. The summed E-state index contributed by atoms with van der Waals surface area (Å²) in [5.74, 6) is 0.0921. The first-order chi connectivity index (χ1) is 12.5. The van der Waals surface area contributed by atoms with Crippen LogP contribution >= 0.6 is 12.4 Å². The summed E-state index contributed by atoms with van der Waals surface area (Å²) in [6.45, 7) is 1.48. The first kappa shape index (κ1) is 20.3. The Morgan fingerprint density at radius 1 is 1.19 bits per heavy atom. The monoisotopic (exact) mass is 387 g/mol. The summed E-state index contributed by atoms with van der Waals surface area (Å²) < 4.78 is 20.6. The maximum Gasteiger partial charge on any atom is 0.219 e. The van der Waals surface area contributed by atoms with Gasteiger partial charge in [0.2, 0.25) is 5.95 Å². The zero-order chi connectivity index (χ0) is 18.7. The molecule has 0 fully saturated rings. The van der Waals surface area contributed by atoms with E-state index in [0.717, 1.165) is 5.56 Å². The molecule has 2 N–H and O–H groups in total. The highest BCUT2D eigenvalue weighted by Crippen LogP contribution is 2.35. The van der Waals surface area contributed by atoms with Gasteiger partial charge < -0.3 is 10.5 Å². The average molecular weight is 388 g/mol. The third-order valence-electron chi connectivity index (χ3n) is 4.08. The molecular formula is C20H19ClFN3O2. The van der Waals surface area contributed by atoms with Crippen LogP contribution in [0.3, 0.4) is 0 Å². The minimum absolute atomic E-state index is 0. The number of rotatable bonds is 5. The Balaban J connectivity index is 0.00000261. The van der Waals surface area contributed by atoms with Crippen molar-refractivity contribution in [1.82, 2.24) is 9.97 Å². The number of ketones is 1. The smallest absolute Gasteiger partial charge is 0.219 e. The molecule has 0 aliphatic heterocycles. The second kappa shape index (κ2) is 8.60. The number of nitrogens with two attached hydrogens (primary N) is 1. The highest BCUT2D eigenvalue weighted by molar-refractivity contribution is 5.95. The highest BCUT2D eigenvalue weighted by Gasteiger charge is 2.17. The van der Waals surface area contributed by atoms with Crippen LogP contribution in [0, 0.1) is 5.82 Å². The molecule has 0 atom stereocenters. The van der Waals surface area contributed by atoms with Gasteiger partial charge in [0.25, 0.3) is 0 Å². The van der Waals surface area contributed by atoms with Gasteiger partial charge in [0.05, 0.1) is 12.7 Å². The van der Waals surface area contributed by atoms with Crippen LogP contribution in [0.5, 0.6) is 5.75 Å². The lowest BCUT2D eigenvalue weighted by atomic mass is 9.96. The fourth-order valence-electron chi connectivity index (χ4n) is 2.75. The van der Waals surface area contributed by atoms with E-state index in [1.165, 1.54) is 14.0 Å². The van der Waals surface area contributed by atoms with Crippen LogP contribution in [0.2, 0.25) is 0 Å². The molecule has 0 radical (unpaired) electrons. The SMILES string of the molecule is COc1ccc(Cc2cnc(N)nc2)c(F)c1-c1cccc(C(C)=O)c1.Cl. The molecule has 2 aromatic carbocycles. The zero-order valence-corrected chi connectivity index (χ0v) is 15.7. The van der Waals surface area contributed by atoms with E-state index >= 15 is 4.39 Å². The maximum atomic E-state index is 15.3. The second-order valence-electron chi connectivity index (χ2n) is 5.88. The van der Waals surface area contributed by atoms with Crippen molar-refractivity contribution in [1.29, 1.82) is 0 Å². The standard InChI is InChI=1S/C20H18FN3O2.ClH/c1-12(25)14-4-3-5-15(9-14)18-17(26-2)7-6-16(19(18)21)8-13-10-23-20(22)24-11-13;/h3-7,9-11H,8H2,1-2H3,(H2,22,23,24);1H. The minimum Gasteiger partial charge on any atom is -0.496 e. The summed E-state index contributed by atoms with van der Waals surface area (Å²) in [6.07, 6.45) is 3.46. The first-order valence-corrected chi connectivity index (χ1v) is 8.02. The average Bonchev–Trinajstić information content (AvgIpc) is 2.65. The van der Waals surface area contributed by atoms with Gasteiger partial charge in [-0.1, -0.05) is 24.3 Å². The van der Waals surface area contributed by atoms with Crippen molar-refractivity contribution >= 4 is 24.1 Å². The number of ether oxygens (including phenoxy) is 1. The lowest BCUT2D eigenvalue weighted by molar-refractivity contribution is 0.101. The Morgan fingerprint density at radius 3 is 2.52 bits per heavy atom. The summed E-state index contributed by atoms with van der Waals surface area (Å²) in [5.41, 5.74) is 8.13. The molecule has 1 aromatic heterocycles. The van der Waals surface area contributed by atoms with Gasteiger partial charge in [-0.25, -0.2) is 14.4 Å². The lowest BCUT2D eigenvalue weighted by Crippen LogP contribution is -2.01. The van der Waals surface area contributed by atoms with Gasteiger partial charge in [-0.2, -0.15) is 0 Å². The molecule has 0 amide bonds. The molecule has 1 heterocycles. The molecule has 0 unspecified atom stereocenters. The van der Waals surface area contributed by atoms with E-state index in [9.17, 15) is 4.79 Å². The van der Waals surface area contributed by atoms with E-state index in [1.807, 2.05) is 0 Å². The van der Waals surface area contributed by atoms with Crippen molar-refractivity contribution in [3.63, 3.8) is 0 Å². The van der Waals surface area contributed by atoms with Crippen molar-refractivity contribution in [2.24, 2.45) is 0 Å². The van der Waals surface area contributed by atoms with Crippen molar-refractivity contribution in [2.75, 3.05) is 12.8 Å². The molecule has 0 saturated heterocycles. The molecule has 5 nitrogen and oxygen atoms in total. The van der Waals surface area contributed by atoms with Gasteiger partial charge in [-0.3, -0.25) is 4.79 Å². The first-order valence-electron chi connectivity index (χ1n) is 8.02. The maximum absolute atomic E-state index is 15.3. The Morgan fingerprint density at radius 2 is 1.89 bits per heavy atom. The molecule has 0 aliphatic carbocycles. The normalized spacial score (nSPS) is 10.2. The molecule has 140 valence electrons. The fraction of sp³-hybridized carbons (Fsp3) is 0.150. The number of hydrogen-bond donors (Lipinski definition) is 1. The van der Waals surface area contributed by atoms with Gasteiger partial charge in [-0.15, -0.1) is 12.4 Å². The Bertz CT molecular complexity index is 962. The van der Waals surface area contributed by atoms with Gasteiger partial charge in [0.1, 0.15) is 11.6 Å². The van der Waals surface area contributed by atoms with Gasteiger partial charge in [0, 0.05) is 24.4 Å².